The van der Waals surface area contributed by atoms with Crippen molar-refractivity contribution in [2.24, 2.45) is 5.73 Å². The third-order valence-corrected chi connectivity index (χ3v) is 5.11. The molecule has 1 aliphatic carbocycles. The van der Waals surface area contributed by atoms with Crippen LogP contribution in [0.5, 0.6) is 0 Å². The van der Waals surface area contributed by atoms with Crippen molar-refractivity contribution in [3.63, 3.8) is 0 Å². The maximum Gasteiger partial charge on any atom is 0.150 e. The average molecular weight is 248 g/mol. The number of fused-ring (bicyclic) bond motifs is 1. The SMILES string of the molecule is NC1c2ccccc2CC1Sc1nccs1. The second-order valence-electron chi connectivity index (χ2n) is 3.88. The van der Waals surface area contributed by atoms with Crippen LogP contribution in [0.2, 0.25) is 0 Å². The van der Waals surface area contributed by atoms with Crippen LogP contribution < -0.4 is 5.73 Å². The van der Waals surface area contributed by atoms with Gasteiger partial charge in [0.25, 0.3) is 0 Å². The van der Waals surface area contributed by atoms with E-state index in [0.717, 1.165) is 10.8 Å². The standard InChI is InChI=1S/C12H12N2S2/c13-11-9-4-2-1-3-8(9)7-10(11)16-12-14-5-6-15-12/h1-6,10-11H,7,13H2. The normalized spacial score (nSPS) is 23.3. The molecule has 0 saturated carbocycles. The number of rotatable bonds is 2. The molecule has 3 rings (SSSR count). The first-order valence-electron chi connectivity index (χ1n) is 5.24. The van der Waals surface area contributed by atoms with E-state index in [2.05, 4.69) is 29.2 Å². The van der Waals surface area contributed by atoms with Gasteiger partial charge in [0.05, 0.1) is 0 Å². The summed E-state index contributed by atoms with van der Waals surface area (Å²) in [4.78, 5) is 4.30. The van der Waals surface area contributed by atoms with E-state index in [1.807, 2.05) is 11.6 Å². The van der Waals surface area contributed by atoms with Gasteiger partial charge in [0, 0.05) is 22.9 Å². The molecule has 1 aromatic heterocycles. The summed E-state index contributed by atoms with van der Waals surface area (Å²) in [6.45, 7) is 0. The third-order valence-electron chi connectivity index (χ3n) is 2.90. The Hall–Kier alpha value is -0.840. The molecule has 0 aliphatic heterocycles. The molecule has 0 radical (unpaired) electrons. The topological polar surface area (TPSA) is 38.9 Å². The van der Waals surface area contributed by atoms with Crippen LogP contribution in [0.15, 0.2) is 40.2 Å². The predicted octanol–water partition coefficient (Wildman–Crippen LogP) is 2.86. The van der Waals surface area contributed by atoms with E-state index in [0.29, 0.717) is 5.25 Å². The lowest BCUT2D eigenvalue weighted by Crippen LogP contribution is -2.18. The van der Waals surface area contributed by atoms with Crippen molar-refractivity contribution >= 4 is 23.1 Å². The minimum absolute atomic E-state index is 0.144. The number of hydrogen-bond acceptors (Lipinski definition) is 4. The smallest absolute Gasteiger partial charge is 0.150 e. The Morgan fingerprint density at radius 1 is 1.38 bits per heavy atom. The van der Waals surface area contributed by atoms with Crippen molar-refractivity contribution in [3.8, 4) is 0 Å². The van der Waals surface area contributed by atoms with Crippen LogP contribution in [-0.4, -0.2) is 10.2 Å². The highest BCUT2D eigenvalue weighted by Crippen LogP contribution is 2.40. The van der Waals surface area contributed by atoms with Crippen molar-refractivity contribution in [1.82, 2.24) is 4.98 Å². The fourth-order valence-electron chi connectivity index (χ4n) is 2.10. The lowest BCUT2D eigenvalue weighted by Gasteiger charge is -2.13. The van der Waals surface area contributed by atoms with Crippen molar-refractivity contribution in [2.75, 3.05) is 0 Å². The zero-order valence-corrected chi connectivity index (χ0v) is 10.3. The van der Waals surface area contributed by atoms with Gasteiger partial charge in [-0.2, -0.15) is 0 Å². The van der Waals surface area contributed by atoms with Crippen LogP contribution >= 0.6 is 23.1 Å². The van der Waals surface area contributed by atoms with E-state index in [4.69, 9.17) is 5.73 Å². The van der Waals surface area contributed by atoms with Gasteiger partial charge < -0.3 is 5.73 Å². The number of nitrogens with two attached hydrogens (primary N) is 1. The van der Waals surface area contributed by atoms with Gasteiger partial charge in [-0.05, 0) is 17.5 Å². The van der Waals surface area contributed by atoms with Gasteiger partial charge in [0.1, 0.15) is 4.34 Å². The summed E-state index contributed by atoms with van der Waals surface area (Å²) in [5.41, 5.74) is 8.96. The monoisotopic (exact) mass is 248 g/mol. The largest absolute Gasteiger partial charge is 0.323 e. The lowest BCUT2D eigenvalue weighted by atomic mass is 10.1. The van der Waals surface area contributed by atoms with Crippen LogP contribution in [0.3, 0.4) is 0 Å². The van der Waals surface area contributed by atoms with Gasteiger partial charge in [0.15, 0.2) is 0 Å². The molecule has 0 saturated heterocycles. The van der Waals surface area contributed by atoms with E-state index in [-0.39, 0.29) is 6.04 Å². The molecule has 2 aromatic rings. The molecule has 82 valence electrons. The van der Waals surface area contributed by atoms with E-state index in [1.54, 1.807) is 23.1 Å². The van der Waals surface area contributed by atoms with Gasteiger partial charge in [0.2, 0.25) is 0 Å². The van der Waals surface area contributed by atoms with Crippen LogP contribution in [0, 0.1) is 0 Å². The van der Waals surface area contributed by atoms with Crippen molar-refractivity contribution in [2.45, 2.75) is 22.1 Å². The van der Waals surface area contributed by atoms with Crippen LogP contribution in [0.1, 0.15) is 17.2 Å². The predicted molar refractivity (Wildman–Crippen MR) is 68.8 cm³/mol. The Balaban J connectivity index is 1.82. The highest BCUT2D eigenvalue weighted by Gasteiger charge is 2.30. The second kappa shape index (κ2) is 4.20. The van der Waals surface area contributed by atoms with Gasteiger partial charge in [-0.25, -0.2) is 4.98 Å². The summed E-state index contributed by atoms with van der Waals surface area (Å²) >= 11 is 3.49. The molecule has 4 heteroatoms. The molecule has 1 heterocycles. The average Bonchev–Trinajstić information content (AvgIpc) is 2.90. The van der Waals surface area contributed by atoms with Gasteiger partial charge >= 0.3 is 0 Å². The minimum Gasteiger partial charge on any atom is -0.323 e. The molecule has 0 amide bonds. The van der Waals surface area contributed by atoms with Crippen molar-refractivity contribution in [3.05, 3.63) is 47.0 Å². The molecular formula is C12H12N2S2. The Kier molecular flexibility index (Phi) is 2.71. The summed E-state index contributed by atoms with van der Waals surface area (Å²) in [6, 6.07) is 8.61. The van der Waals surface area contributed by atoms with Gasteiger partial charge in [-0.15, -0.1) is 11.3 Å². The summed E-state index contributed by atoms with van der Waals surface area (Å²) in [5, 5.41) is 2.44. The number of hydrogen-bond donors (Lipinski definition) is 1. The molecule has 2 unspecified atom stereocenters. The second-order valence-corrected chi connectivity index (χ2v) is 6.26. The molecule has 0 fully saturated rings. The van der Waals surface area contributed by atoms with Crippen molar-refractivity contribution in [1.29, 1.82) is 0 Å². The van der Waals surface area contributed by atoms with E-state index in [1.165, 1.54) is 11.1 Å². The summed E-state index contributed by atoms with van der Waals surface area (Å²) in [6.07, 6.45) is 2.90. The highest BCUT2D eigenvalue weighted by molar-refractivity contribution is 8.01. The lowest BCUT2D eigenvalue weighted by molar-refractivity contribution is 0.731. The molecule has 2 nitrogen and oxygen atoms in total. The summed E-state index contributed by atoms with van der Waals surface area (Å²) in [7, 11) is 0. The zero-order chi connectivity index (χ0) is 11.0. The Bertz CT molecular complexity index is 480. The number of aromatic nitrogens is 1. The van der Waals surface area contributed by atoms with Crippen LogP contribution in [-0.2, 0) is 6.42 Å². The number of benzene rings is 1. The minimum atomic E-state index is 0.144. The molecule has 2 atom stereocenters. The van der Waals surface area contributed by atoms with Crippen LogP contribution in [0.4, 0.5) is 0 Å². The molecular weight excluding hydrogens is 236 g/mol. The number of nitrogens with zero attached hydrogens (tertiary/aromatic N) is 1. The summed E-state index contributed by atoms with van der Waals surface area (Å²) < 4.78 is 1.12. The fraction of sp³-hybridized carbons (Fsp3) is 0.250. The Morgan fingerprint density at radius 3 is 3.00 bits per heavy atom. The Morgan fingerprint density at radius 2 is 2.25 bits per heavy atom. The van der Waals surface area contributed by atoms with E-state index < -0.39 is 0 Å². The Labute approximate surface area is 103 Å². The van der Waals surface area contributed by atoms with Gasteiger partial charge in [-0.3, -0.25) is 0 Å². The molecule has 2 N–H and O–H groups in total. The quantitative estimate of drug-likeness (QED) is 0.888. The zero-order valence-electron chi connectivity index (χ0n) is 8.67. The molecule has 16 heavy (non-hydrogen) atoms. The number of thiazole rings is 1. The first kappa shape index (κ1) is 10.3. The maximum atomic E-state index is 6.26. The molecule has 0 bridgehead atoms. The molecule has 0 spiro atoms. The maximum absolute atomic E-state index is 6.26. The third kappa shape index (κ3) is 1.77. The van der Waals surface area contributed by atoms with E-state index >= 15 is 0 Å². The van der Waals surface area contributed by atoms with Gasteiger partial charge in [-0.1, -0.05) is 36.0 Å². The highest BCUT2D eigenvalue weighted by atomic mass is 32.2. The van der Waals surface area contributed by atoms with E-state index in [9.17, 15) is 0 Å². The first-order chi connectivity index (χ1) is 7.84. The van der Waals surface area contributed by atoms with Crippen molar-refractivity contribution < 1.29 is 0 Å². The first-order valence-corrected chi connectivity index (χ1v) is 7.00. The summed E-state index contributed by atoms with van der Waals surface area (Å²) in [5.74, 6) is 0. The molecule has 1 aliphatic rings. The number of thioether (sulfide) groups is 1. The molecule has 1 aromatic carbocycles. The fourth-order valence-corrected chi connectivity index (χ4v) is 4.16. The van der Waals surface area contributed by atoms with Crippen LogP contribution in [0.25, 0.3) is 0 Å².